The number of benzene rings is 3. The molecule has 1 aliphatic heterocycles. The predicted molar refractivity (Wildman–Crippen MR) is 127 cm³/mol. The van der Waals surface area contributed by atoms with Gasteiger partial charge < -0.3 is 14.8 Å². The Kier molecular flexibility index (Phi) is 6.45. The van der Waals surface area contributed by atoms with Crippen LogP contribution in [0.2, 0.25) is 0 Å². The average molecular weight is 443 g/mol. The van der Waals surface area contributed by atoms with Gasteiger partial charge in [0.25, 0.3) is 5.91 Å². The number of rotatable bonds is 8. The maximum atomic E-state index is 12.8. The molecule has 0 radical (unpaired) electrons. The Balaban J connectivity index is 1.38. The van der Waals surface area contributed by atoms with Crippen molar-refractivity contribution in [3.63, 3.8) is 0 Å². The first-order valence-electron chi connectivity index (χ1n) is 10.7. The van der Waals surface area contributed by atoms with E-state index in [1.54, 1.807) is 26.2 Å². The number of carbonyl (C=O) groups is 2. The van der Waals surface area contributed by atoms with E-state index in [1.807, 2.05) is 60.7 Å². The summed E-state index contributed by atoms with van der Waals surface area (Å²) in [7, 11) is 1.58. The highest BCUT2D eigenvalue weighted by atomic mass is 16.5. The highest BCUT2D eigenvalue weighted by Gasteiger charge is 2.36. The van der Waals surface area contributed by atoms with E-state index in [9.17, 15) is 9.59 Å². The first-order chi connectivity index (χ1) is 16.0. The van der Waals surface area contributed by atoms with Crippen molar-refractivity contribution in [3.8, 4) is 11.5 Å². The lowest BCUT2D eigenvalue weighted by Gasteiger charge is -2.24. The smallest absolute Gasteiger partial charge is 0.259 e. The Hall–Kier alpha value is -4.06. The van der Waals surface area contributed by atoms with Crippen LogP contribution in [0.15, 0.2) is 79.4 Å². The number of methoxy groups -OCH3 is 1. The van der Waals surface area contributed by atoms with E-state index in [0.29, 0.717) is 35.9 Å². The van der Waals surface area contributed by atoms with E-state index in [4.69, 9.17) is 9.47 Å². The Morgan fingerprint density at radius 3 is 2.36 bits per heavy atom. The summed E-state index contributed by atoms with van der Waals surface area (Å²) in [6.45, 7) is 6.44. The van der Waals surface area contributed by atoms with Crippen molar-refractivity contribution < 1.29 is 19.1 Å². The van der Waals surface area contributed by atoms with Crippen molar-refractivity contribution >= 4 is 17.5 Å². The third-order valence-electron chi connectivity index (χ3n) is 5.68. The summed E-state index contributed by atoms with van der Waals surface area (Å²) < 4.78 is 11.4. The number of ether oxygens (including phenoxy) is 2. The van der Waals surface area contributed by atoms with E-state index >= 15 is 0 Å². The summed E-state index contributed by atoms with van der Waals surface area (Å²) >= 11 is 0. The minimum Gasteiger partial charge on any atom is -0.493 e. The van der Waals surface area contributed by atoms with Gasteiger partial charge in [-0.05, 0) is 36.2 Å². The van der Waals surface area contributed by atoms with E-state index < -0.39 is 6.04 Å². The highest BCUT2D eigenvalue weighted by molar-refractivity contribution is 6.10. The van der Waals surface area contributed by atoms with E-state index in [2.05, 4.69) is 11.9 Å². The summed E-state index contributed by atoms with van der Waals surface area (Å²) in [5, 5.41) is 2.90. The third kappa shape index (κ3) is 4.60. The fourth-order valence-electron chi connectivity index (χ4n) is 3.84. The molecule has 6 heteroatoms. The predicted octanol–water partition coefficient (Wildman–Crippen LogP) is 4.41. The lowest BCUT2D eigenvalue weighted by molar-refractivity contribution is -0.124. The zero-order chi connectivity index (χ0) is 23.4. The van der Waals surface area contributed by atoms with E-state index in [1.165, 1.54) is 4.90 Å². The van der Waals surface area contributed by atoms with Crippen molar-refractivity contribution in [1.82, 2.24) is 10.2 Å². The van der Waals surface area contributed by atoms with Crippen LogP contribution in [0.1, 0.15) is 34.0 Å². The molecule has 1 N–H and O–H groups in total. The molecule has 6 nitrogen and oxygen atoms in total. The molecule has 3 aromatic carbocycles. The summed E-state index contributed by atoms with van der Waals surface area (Å²) in [5.41, 5.74) is 3.79. The Labute approximate surface area is 193 Å². The number of fused-ring (bicyclic) bond motifs is 1. The highest BCUT2D eigenvalue weighted by Crippen LogP contribution is 2.33. The molecule has 1 unspecified atom stereocenters. The van der Waals surface area contributed by atoms with Gasteiger partial charge in [0.1, 0.15) is 12.6 Å². The molecule has 0 saturated heterocycles. The molecular formula is C27H26N2O4. The summed E-state index contributed by atoms with van der Waals surface area (Å²) in [6.07, 6.45) is 0. The molecule has 0 aromatic heterocycles. The van der Waals surface area contributed by atoms with Crippen LogP contribution in [0.25, 0.3) is 5.70 Å². The van der Waals surface area contributed by atoms with Crippen molar-refractivity contribution in [2.75, 3.05) is 7.11 Å². The Bertz CT molecular complexity index is 1150. The molecule has 0 spiro atoms. The van der Waals surface area contributed by atoms with Crippen LogP contribution in [-0.4, -0.2) is 29.9 Å². The minimum atomic E-state index is -0.687. The van der Waals surface area contributed by atoms with Gasteiger partial charge in [-0.1, -0.05) is 61.2 Å². The van der Waals surface area contributed by atoms with Gasteiger partial charge in [-0.15, -0.1) is 0 Å². The SMILES string of the molecule is C=C1c2ccccc2C(=O)N1C(C)C(=O)NCc1ccc(OCc2ccccc2)c(OC)c1. The van der Waals surface area contributed by atoms with Crippen molar-refractivity contribution in [2.45, 2.75) is 26.1 Å². The molecular weight excluding hydrogens is 416 g/mol. The largest absolute Gasteiger partial charge is 0.493 e. The number of hydrogen-bond donors (Lipinski definition) is 1. The van der Waals surface area contributed by atoms with Crippen molar-refractivity contribution in [2.24, 2.45) is 0 Å². The monoisotopic (exact) mass is 442 g/mol. The van der Waals surface area contributed by atoms with Gasteiger partial charge in [0.2, 0.25) is 5.91 Å². The molecule has 168 valence electrons. The van der Waals surface area contributed by atoms with Crippen LogP contribution in [-0.2, 0) is 17.9 Å². The van der Waals surface area contributed by atoms with Gasteiger partial charge in [-0.25, -0.2) is 0 Å². The lowest BCUT2D eigenvalue weighted by Crippen LogP contribution is -2.44. The molecule has 0 aliphatic carbocycles. The number of hydrogen-bond acceptors (Lipinski definition) is 4. The van der Waals surface area contributed by atoms with Gasteiger partial charge in [-0.3, -0.25) is 14.5 Å². The van der Waals surface area contributed by atoms with Gasteiger partial charge >= 0.3 is 0 Å². The van der Waals surface area contributed by atoms with E-state index in [0.717, 1.165) is 16.7 Å². The van der Waals surface area contributed by atoms with Crippen molar-refractivity contribution in [3.05, 3.63) is 102 Å². The molecule has 33 heavy (non-hydrogen) atoms. The van der Waals surface area contributed by atoms with Gasteiger partial charge in [0.05, 0.1) is 7.11 Å². The van der Waals surface area contributed by atoms with Crippen LogP contribution < -0.4 is 14.8 Å². The van der Waals surface area contributed by atoms with Crippen LogP contribution in [0.5, 0.6) is 11.5 Å². The molecule has 4 rings (SSSR count). The minimum absolute atomic E-state index is 0.208. The first kappa shape index (κ1) is 22.1. The normalized spacial score (nSPS) is 13.5. The second kappa shape index (κ2) is 9.61. The zero-order valence-electron chi connectivity index (χ0n) is 18.7. The molecule has 0 bridgehead atoms. The van der Waals surface area contributed by atoms with Gasteiger partial charge in [0.15, 0.2) is 11.5 Å². The number of nitrogens with one attached hydrogen (secondary N) is 1. The summed E-state index contributed by atoms with van der Waals surface area (Å²) in [4.78, 5) is 27.0. The molecule has 1 atom stereocenters. The average Bonchev–Trinajstić information content (AvgIpc) is 3.11. The third-order valence-corrected chi connectivity index (χ3v) is 5.68. The number of carbonyl (C=O) groups excluding carboxylic acids is 2. The number of nitrogens with zero attached hydrogens (tertiary/aromatic N) is 1. The molecule has 1 heterocycles. The van der Waals surface area contributed by atoms with E-state index in [-0.39, 0.29) is 11.8 Å². The summed E-state index contributed by atoms with van der Waals surface area (Å²) in [5.74, 6) is 0.742. The zero-order valence-corrected chi connectivity index (χ0v) is 18.7. The standard InChI is InChI=1S/C27H26N2O4/c1-18-22-11-7-8-12-23(22)27(31)29(18)19(2)26(30)28-16-21-13-14-24(25(15-21)32-3)33-17-20-9-5-4-6-10-20/h4-15,19H,1,16-17H2,2-3H3,(H,28,30). The molecule has 1 aliphatic rings. The Morgan fingerprint density at radius 2 is 1.67 bits per heavy atom. The second-order valence-electron chi connectivity index (χ2n) is 7.82. The van der Waals surface area contributed by atoms with Crippen LogP contribution in [0, 0.1) is 0 Å². The number of amides is 2. The second-order valence-corrected chi connectivity index (χ2v) is 7.82. The van der Waals surface area contributed by atoms with Crippen LogP contribution >= 0.6 is 0 Å². The molecule has 3 aromatic rings. The van der Waals surface area contributed by atoms with Crippen LogP contribution in [0.4, 0.5) is 0 Å². The molecule has 0 fully saturated rings. The van der Waals surface area contributed by atoms with Crippen molar-refractivity contribution in [1.29, 1.82) is 0 Å². The quantitative estimate of drug-likeness (QED) is 0.561. The Morgan fingerprint density at radius 1 is 0.970 bits per heavy atom. The maximum absolute atomic E-state index is 12.8. The van der Waals surface area contributed by atoms with Gasteiger partial charge in [-0.2, -0.15) is 0 Å². The topological polar surface area (TPSA) is 67.9 Å². The summed E-state index contributed by atoms with van der Waals surface area (Å²) in [6, 6.07) is 22.0. The molecule has 2 amide bonds. The van der Waals surface area contributed by atoms with Gasteiger partial charge in [0, 0.05) is 23.4 Å². The first-order valence-corrected chi connectivity index (χ1v) is 10.7. The fourth-order valence-corrected chi connectivity index (χ4v) is 3.84. The fraction of sp³-hybridized carbons (Fsp3) is 0.185. The van der Waals surface area contributed by atoms with Crippen LogP contribution in [0.3, 0.4) is 0 Å². The maximum Gasteiger partial charge on any atom is 0.259 e. The molecule has 0 saturated carbocycles. The lowest BCUT2D eigenvalue weighted by atomic mass is 10.1.